The number of benzene rings is 1. The van der Waals surface area contributed by atoms with Gasteiger partial charge in [0.15, 0.2) is 0 Å². The van der Waals surface area contributed by atoms with Gasteiger partial charge in [-0.05, 0) is 62.8 Å². The van der Waals surface area contributed by atoms with Crippen LogP contribution in [0, 0.1) is 11.7 Å². The van der Waals surface area contributed by atoms with Crippen molar-refractivity contribution >= 4 is 17.6 Å². The third-order valence-corrected chi connectivity index (χ3v) is 5.41. The number of nitrogens with zero attached hydrogens (tertiary/aromatic N) is 2. The molecule has 0 radical (unpaired) electrons. The van der Waals surface area contributed by atoms with E-state index in [-0.39, 0.29) is 17.8 Å². The van der Waals surface area contributed by atoms with E-state index in [9.17, 15) is 14.0 Å². The van der Waals surface area contributed by atoms with Crippen molar-refractivity contribution in [2.45, 2.75) is 38.6 Å². The maximum atomic E-state index is 13.0. The average Bonchev–Trinajstić information content (AvgIpc) is 3.16. The molecule has 2 N–H and O–H groups in total. The average molecular weight is 376 g/mol. The number of likely N-dealkylation sites (tertiary alicyclic amines) is 1. The SMILES string of the molecule is C[C@@H](NC(=O)NC[C@H]1CCN(c2ccc(F)cc2)C1)C(=O)N1CCCCC1. The molecular weight excluding hydrogens is 347 g/mol. The molecule has 2 aliphatic rings. The number of carbonyl (C=O) groups excluding carboxylic acids is 2. The Kier molecular flexibility index (Phi) is 6.53. The zero-order valence-corrected chi connectivity index (χ0v) is 15.9. The van der Waals surface area contributed by atoms with E-state index in [1.54, 1.807) is 19.1 Å². The van der Waals surface area contributed by atoms with Gasteiger partial charge in [0, 0.05) is 38.4 Å². The molecule has 0 unspecified atom stereocenters. The second kappa shape index (κ2) is 9.06. The van der Waals surface area contributed by atoms with Crippen LogP contribution in [-0.4, -0.2) is 55.6 Å². The van der Waals surface area contributed by atoms with Crippen LogP contribution in [0.5, 0.6) is 0 Å². The molecule has 2 saturated heterocycles. The molecule has 7 heteroatoms. The first kappa shape index (κ1) is 19.5. The first-order chi connectivity index (χ1) is 13.0. The van der Waals surface area contributed by atoms with Crippen LogP contribution in [0.4, 0.5) is 14.9 Å². The van der Waals surface area contributed by atoms with Crippen LogP contribution in [0.2, 0.25) is 0 Å². The highest BCUT2D eigenvalue weighted by atomic mass is 19.1. The van der Waals surface area contributed by atoms with E-state index in [2.05, 4.69) is 15.5 Å². The van der Waals surface area contributed by atoms with E-state index in [0.29, 0.717) is 12.5 Å². The number of anilines is 1. The molecule has 148 valence electrons. The number of hydrogen-bond acceptors (Lipinski definition) is 3. The fourth-order valence-electron chi connectivity index (χ4n) is 3.82. The van der Waals surface area contributed by atoms with Gasteiger partial charge in [-0.15, -0.1) is 0 Å². The zero-order valence-electron chi connectivity index (χ0n) is 15.9. The molecule has 2 atom stereocenters. The first-order valence-electron chi connectivity index (χ1n) is 9.86. The molecule has 0 spiro atoms. The van der Waals surface area contributed by atoms with Gasteiger partial charge in [-0.25, -0.2) is 9.18 Å². The van der Waals surface area contributed by atoms with E-state index in [0.717, 1.165) is 51.1 Å². The lowest BCUT2D eigenvalue weighted by Gasteiger charge is -2.29. The number of hydrogen-bond donors (Lipinski definition) is 2. The number of nitrogens with one attached hydrogen (secondary N) is 2. The topological polar surface area (TPSA) is 64.7 Å². The largest absolute Gasteiger partial charge is 0.371 e. The quantitative estimate of drug-likeness (QED) is 0.829. The van der Waals surface area contributed by atoms with Crippen molar-refractivity contribution in [3.8, 4) is 0 Å². The van der Waals surface area contributed by atoms with Crippen LogP contribution in [0.15, 0.2) is 24.3 Å². The monoisotopic (exact) mass is 376 g/mol. The molecule has 2 fully saturated rings. The second-order valence-corrected chi connectivity index (χ2v) is 7.54. The molecule has 1 aromatic carbocycles. The molecule has 0 saturated carbocycles. The molecule has 0 aromatic heterocycles. The summed E-state index contributed by atoms with van der Waals surface area (Å²) in [5, 5.41) is 5.64. The van der Waals surface area contributed by atoms with Gasteiger partial charge in [0.25, 0.3) is 0 Å². The zero-order chi connectivity index (χ0) is 19.2. The summed E-state index contributed by atoms with van der Waals surface area (Å²) in [6, 6.07) is 5.69. The highest BCUT2D eigenvalue weighted by Gasteiger charge is 2.25. The minimum absolute atomic E-state index is 0.00630. The van der Waals surface area contributed by atoms with Crippen molar-refractivity contribution in [2.24, 2.45) is 5.92 Å². The van der Waals surface area contributed by atoms with Crippen LogP contribution >= 0.6 is 0 Å². The number of halogens is 1. The van der Waals surface area contributed by atoms with Crippen molar-refractivity contribution in [2.75, 3.05) is 37.6 Å². The maximum Gasteiger partial charge on any atom is 0.315 e. The van der Waals surface area contributed by atoms with Gasteiger partial charge in [0.05, 0.1) is 0 Å². The number of rotatable bonds is 5. The van der Waals surface area contributed by atoms with Crippen LogP contribution < -0.4 is 15.5 Å². The summed E-state index contributed by atoms with van der Waals surface area (Å²) in [7, 11) is 0. The van der Waals surface area contributed by atoms with Crippen molar-refractivity contribution < 1.29 is 14.0 Å². The predicted molar refractivity (Wildman–Crippen MR) is 103 cm³/mol. The summed E-state index contributed by atoms with van der Waals surface area (Å²) in [6.45, 7) is 5.59. The van der Waals surface area contributed by atoms with Crippen molar-refractivity contribution in [3.05, 3.63) is 30.1 Å². The lowest BCUT2D eigenvalue weighted by Crippen LogP contribution is -2.51. The second-order valence-electron chi connectivity index (χ2n) is 7.54. The Balaban J connectivity index is 1.39. The number of amides is 3. The summed E-state index contributed by atoms with van der Waals surface area (Å²) in [4.78, 5) is 28.5. The number of carbonyl (C=O) groups is 2. The molecule has 1 aromatic rings. The molecule has 27 heavy (non-hydrogen) atoms. The Morgan fingerprint density at radius 1 is 1.15 bits per heavy atom. The molecule has 2 heterocycles. The molecule has 3 amide bonds. The third-order valence-electron chi connectivity index (χ3n) is 5.41. The van der Waals surface area contributed by atoms with Gasteiger partial charge in [-0.1, -0.05) is 0 Å². The van der Waals surface area contributed by atoms with Gasteiger partial charge in [-0.2, -0.15) is 0 Å². The van der Waals surface area contributed by atoms with E-state index in [4.69, 9.17) is 0 Å². The number of piperidine rings is 1. The summed E-state index contributed by atoms with van der Waals surface area (Å²) < 4.78 is 13.0. The fraction of sp³-hybridized carbons (Fsp3) is 0.600. The van der Waals surface area contributed by atoms with Gasteiger partial charge < -0.3 is 20.4 Å². The van der Waals surface area contributed by atoms with E-state index < -0.39 is 6.04 Å². The molecule has 3 rings (SSSR count). The summed E-state index contributed by atoms with van der Waals surface area (Å²) in [5.41, 5.74) is 1.00. The normalized spacial score (nSPS) is 21.0. The lowest BCUT2D eigenvalue weighted by molar-refractivity contribution is -0.133. The van der Waals surface area contributed by atoms with E-state index >= 15 is 0 Å². The van der Waals surface area contributed by atoms with E-state index in [1.165, 1.54) is 18.6 Å². The van der Waals surface area contributed by atoms with Gasteiger partial charge in [0.1, 0.15) is 11.9 Å². The summed E-state index contributed by atoms with van der Waals surface area (Å²) in [5.74, 6) is 0.100. The highest BCUT2D eigenvalue weighted by Crippen LogP contribution is 2.23. The van der Waals surface area contributed by atoms with Crippen molar-refractivity contribution in [1.82, 2.24) is 15.5 Å². The van der Waals surface area contributed by atoms with Crippen LogP contribution in [0.25, 0.3) is 0 Å². The fourth-order valence-corrected chi connectivity index (χ4v) is 3.82. The minimum atomic E-state index is -0.512. The molecule has 0 bridgehead atoms. The highest BCUT2D eigenvalue weighted by molar-refractivity contribution is 5.86. The molecule has 0 aliphatic carbocycles. The summed E-state index contributed by atoms with van der Waals surface area (Å²) >= 11 is 0. The Bertz CT molecular complexity index is 646. The maximum absolute atomic E-state index is 13.0. The third kappa shape index (κ3) is 5.34. The summed E-state index contributed by atoms with van der Waals surface area (Å²) in [6.07, 6.45) is 4.22. The van der Waals surface area contributed by atoms with Gasteiger partial charge >= 0.3 is 6.03 Å². The van der Waals surface area contributed by atoms with Crippen LogP contribution in [-0.2, 0) is 4.79 Å². The Morgan fingerprint density at radius 2 is 1.85 bits per heavy atom. The van der Waals surface area contributed by atoms with Crippen molar-refractivity contribution in [3.63, 3.8) is 0 Å². The first-order valence-corrected chi connectivity index (χ1v) is 9.86. The Hall–Kier alpha value is -2.31. The number of urea groups is 1. The van der Waals surface area contributed by atoms with E-state index in [1.807, 2.05) is 4.90 Å². The smallest absolute Gasteiger partial charge is 0.315 e. The molecule has 6 nitrogen and oxygen atoms in total. The van der Waals surface area contributed by atoms with Crippen LogP contribution in [0.3, 0.4) is 0 Å². The minimum Gasteiger partial charge on any atom is -0.371 e. The van der Waals surface area contributed by atoms with Gasteiger partial charge in [-0.3, -0.25) is 4.79 Å². The molecular formula is C20H29FN4O2. The lowest BCUT2D eigenvalue weighted by atomic mass is 10.1. The van der Waals surface area contributed by atoms with Gasteiger partial charge in [0.2, 0.25) is 5.91 Å². The van der Waals surface area contributed by atoms with Crippen LogP contribution in [0.1, 0.15) is 32.6 Å². The predicted octanol–water partition coefficient (Wildman–Crippen LogP) is 2.35. The Morgan fingerprint density at radius 3 is 2.56 bits per heavy atom. The van der Waals surface area contributed by atoms with Crippen molar-refractivity contribution in [1.29, 1.82) is 0 Å². The standard InChI is InChI=1S/C20H29FN4O2/c1-15(19(26)24-10-3-2-4-11-24)23-20(27)22-13-16-9-12-25(14-16)18-7-5-17(21)6-8-18/h5-8,15-16H,2-4,9-14H2,1H3,(H2,22,23,27)/t15-,16-/m1/s1. The molecule has 2 aliphatic heterocycles. The Labute approximate surface area is 160 Å².